The fraction of sp³-hybridized carbons (Fsp3) is 0.448. The summed E-state index contributed by atoms with van der Waals surface area (Å²) in [5, 5.41) is 38.1. The van der Waals surface area contributed by atoms with Crippen LogP contribution in [-0.2, 0) is 0 Å². The van der Waals surface area contributed by atoms with Crippen LogP contribution in [0.2, 0.25) is 0 Å². The Morgan fingerprint density at radius 1 is 1.02 bits per heavy atom. The zero-order chi connectivity index (χ0) is 31.2. The number of nitrogens with one attached hydrogen (secondary N) is 2. The predicted octanol–water partition coefficient (Wildman–Crippen LogP) is 3.73. The highest BCUT2D eigenvalue weighted by Gasteiger charge is 2.41. The number of rotatable bonds is 9. The van der Waals surface area contributed by atoms with Gasteiger partial charge in [-0.05, 0) is 50.6 Å². The number of hydrogen-bond donors (Lipinski definition) is 5. The molecule has 4 aromatic rings. The minimum atomic E-state index is -4.73. The van der Waals surface area contributed by atoms with Crippen LogP contribution in [0.5, 0.6) is 5.75 Å². The smallest absolute Gasteiger partial charge is 0.406 e. The molecule has 2 aliphatic rings. The van der Waals surface area contributed by atoms with Crippen LogP contribution in [0.3, 0.4) is 0 Å². The minimum absolute atomic E-state index is 0.243. The molecule has 1 aromatic carbocycles. The SMILES string of the molecule is Cc1nc(NCC2CN(c3ccc(OC(F)(F)F)cc3)C2)nc(NC2C[C@H](CO)[C@@H](O)[C@H]2O)c1-c1nc2c(C)nccc2s1. The van der Waals surface area contributed by atoms with Gasteiger partial charge in [-0.2, -0.15) is 4.98 Å². The Hall–Kier alpha value is -3.79. The van der Waals surface area contributed by atoms with E-state index in [1.54, 1.807) is 18.3 Å². The summed E-state index contributed by atoms with van der Waals surface area (Å²) >= 11 is 1.48. The van der Waals surface area contributed by atoms with Gasteiger partial charge < -0.3 is 35.6 Å². The average Bonchev–Trinajstić information content (AvgIpc) is 3.49. The van der Waals surface area contributed by atoms with Crippen molar-refractivity contribution in [1.29, 1.82) is 0 Å². The summed E-state index contributed by atoms with van der Waals surface area (Å²) in [6.07, 6.45) is -4.79. The van der Waals surface area contributed by atoms with E-state index in [1.165, 1.54) is 23.5 Å². The van der Waals surface area contributed by atoms with E-state index in [-0.39, 0.29) is 18.3 Å². The molecule has 11 nitrogen and oxygen atoms in total. The third kappa shape index (κ3) is 6.22. The van der Waals surface area contributed by atoms with Gasteiger partial charge in [0.1, 0.15) is 28.2 Å². The number of hydrogen-bond acceptors (Lipinski definition) is 12. The number of alkyl halides is 3. The fourth-order valence-electron chi connectivity index (χ4n) is 5.73. The minimum Gasteiger partial charge on any atom is -0.406 e. The van der Waals surface area contributed by atoms with Crippen molar-refractivity contribution < 1.29 is 33.2 Å². The Bertz CT molecular complexity index is 1630. The number of fused-ring (bicyclic) bond motifs is 1. The molecular weight excluding hydrogens is 599 g/mol. The molecule has 2 fully saturated rings. The summed E-state index contributed by atoms with van der Waals surface area (Å²) in [5.74, 6) is 0.363. The van der Waals surface area contributed by atoms with E-state index in [9.17, 15) is 28.5 Å². The second-order valence-electron chi connectivity index (χ2n) is 11.2. The summed E-state index contributed by atoms with van der Waals surface area (Å²) in [6.45, 7) is 5.47. The van der Waals surface area contributed by atoms with Gasteiger partial charge in [0, 0.05) is 50.0 Å². The molecule has 1 aliphatic carbocycles. The molecule has 0 radical (unpaired) electrons. The summed E-state index contributed by atoms with van der Waals surface area (Å²) in [5.41, 5.74) is 3.74. The molecule has 0 bridgehead atoms. The van der Waals surface area contributed by atoms with Gasteiger partial charge in [0.25, 0.3) is 0 Å². The van der Waals surface area contributed by atoms with Crippen molar-refractivity contribution in [2.24, 2.45) is 11.8 Å². The van der Waals surface area contributed by atoms with Crippen molar-refractivity contribution >= 4 is 39.0 Å². The van der Waals surface area contributed by atoms with E-state index in [1.807, 2.05) is 19.9 Å². The van der Waals surface area contributed by atoms with Gasteiger partial charge in [-0.15, -0.1) is 24.5 Å². The highest BCUT2D eigenvalue weighted by Crippen LogP contribution is 2.38. The first-order valence-corrected chi connectivity index (χ1v) is 15.0. The van der Waals surface area contributed by atoms with Gasteiger partial charge in [0.05, 0.1) is 33.8 Å². The van der Waals surface area contributed by atoms with Crippen LogP contribution in [0.25, 0.3) is 20.8 Å². The molecule has 1 saturated heterocycles. The second-order valence-corrected chi connectivity index (χ2v) is 12.3. The van der Waals surface area contributed by atoms with Crippen molar-refractivity contribution in [1.82, 2.24) is 19.9 Å². The van der Waals surface area contributed by atoms with Gasteiger partial charge in [0.2, 0.25) is 5.95 Å². The standard InChI is InChI=1S/C29H32F3N7O4S/c1-14-22(27-37-23-15(2)33-8-7-21(23)44-27)26(36-20-9-17(13-40)24(41)25(20)42)38-28(35-14)34-10-16-11-39(12-16)18-3-5-19(6-4-18)43-29(30,31)32/h3-8,16-17,20,24-25,40-42H,9-13H2,1-2H3,(H2,34,35,36,38)/t17-,20?,24-,25+/m1/s1. The lowest BCUT2D eigenvalue weighted by Crippen LogP contribution is -2.49. The zero-order valence-corrected chi connectivity index (χ0v) is 24.7. The molecule has 6 rings (SSSR count). The summed E-state index contributed by atoms with van der Waals surface area (Å²) in [6, 6.07) is 7.15. The van der Waals surface area contributed by atoms with E-state index in [0.717, 1.165) is 21.6 Å². The van der Waals surface area contributed by atoms with Crippen LogP contribution in [0.4, 0.5) is 30.6 Å². The number of aromatic nitrogens is 4. The average molecular weight is 632 g/mol. The number of benzene rings is 1. The molecule has 5 N–H and O–H groups in total. The lowest BCUT2D eigenvalue weighted by atomic mass is 9.99. The monoisotopic (exact) mass is 631 g/mol. The summed E-state index contributed by atoms with van der Waals surface area (Å²) < 4.78 is 42.3. The van der Waals surface area contributed by atoms with Gasteiger partial charge in [0.15, 0.2) is 0 Å². The molecule has 1 saturated carbocycles. The second kappa shape index (κ2) is 12.0. The topological polar surface area (TPSA) is 149 Å². The largest absolute Gasteiger partial charge is 0.573 e. The van der Waals surface area contributed by atoms with Crippen LogP contribution in [0.1, 0.15) is 17.8 Å². The number of nitrogens with zero attached hydrogens (tertiary/aromatic N) is 5. The maximum atomic E-state index is 12.4. The van der Waals surface area contributed by atoms with Crippen LogP contribution in [0.15, 0.2) is 36.5 Å². The van der Waals surface area contributed by atoms with Crippen molar-refractivity contribution in [2.75, 3.05) is 41.8 Å². The molecule has 0 amide bonds. The molecule has 4 atom stereocenters. The van der Waals surface area contributed by atoms with Crippen LogP contribution in [-0.4, -0.2) is 86.1 Å². The molecule has 0 spiro atoms. The Morgan fingerprint density at radius 3 is 2.43 bits per heavy atom. The number of aliphatic hydroxyl groups is 3. The number of ether oxygens (including phenoxy) is 1. The highest BCUT2D eigenvalue weighted by atomic mass is 32.1. The molecule has 1 unspecified atom stereocenters. The molecule has 3 aromatic heterocycles. The molecular formula is C29H32F3N7O4S. The first-order chi connectivity index (χ1) is 21.0. The Morgan fingerprint density at radius 2 is 1.77 bits per heavy atom. The number of halogens is 3. The van der Waals surface area contributed by atoms with Gasteiger partial charge in [-0.3, -0.25) is 4.98 Å². The highest BCUT2D eigenvalue weighted by molar-refractivity contribution is 7.21. The molecule has 4 heterocycles. The first-order valence-electron chi connectivity index (χ1n) is 14.2. The van der Waals surface area contributed by atoms with Gasteiger partial charge in [-0.1, -0.05) is 0 Å². The number of aryl methyl sites for hydroxylation is 2. The summed E-state index contributed by atoms with van der Waals surface area (Å²) in [7, 11) is 0. The Balaban J connectivity index is 1.18. The Kier molecular flexibility index (Phi) is 8.22. The number of pyridine rings is 1. The molecule has 234 valence electrons. The first kappa shape index (κ1) is 30.2. The lowest BCUT2D eigenvalue weighted by molar-refractivity contribution is -0.274. The van der Waals surface area contributed by atoms with Crippen LogP contribution in [0, 0.1) is 25.7 Å². The van der Waals surface area contributed by atoms with Gasteiger partial charge in [-0.25, -0.2) is 9.97 Å². The van der Waals surface area contributed by atoms with Crippen molar-refractivity contribution in [3.8, 4) is 16.3 Å². The van der Waals surface area contributed by atoms with Gasteiger partial charge >= 0.3 is 6.36 Å². The van der Waals surface area contributed by atoms with E-state index in [0.29, 0.717) is 54.1 Å². The number of thiazole rings is 1. The maximum absolute atomic E-state index is 12.4. The predicted molar refractivity (Wildman–Crippen MR) is 160 cm³/mol. The molecule has 15 heteroatoms. The van der Waals surface area contributed by atoms with Crippen molar-refractivity contribution in [3.05, 3.63) is 47.9 Å². The van der Waals surface area contributed by atoms with Crippen LogP contribution < -0.4 is 20.3 Å². The quantitative estimate of drug-likeness (QED) is 0.184. The molecule has 1 aliphatic heterocycles. The fourth-order valence-corrected chi connectivity index (χ4v) is 6.84. The van der Waals surface area contributed by atoms with E-state index < -0.39 is 30.5 Å². The zero-order valence-electron chi connectivity index (χ0n) is 23.9. The third-order valence-electron chi connectivity index (χ3n) is 8.09. The number of aliphatic hydroxyl groups excluding tert-OH is 3. The van der Waals surface area contributed by atoms with Crippen molar-refractivity contribution in [3.63, 3.8) is 0 Å². The van der Waals surface area contributed by atoms with E-state index >= 15 is 0 Å². The van der Waals surface area contributed by atoms with Crippen molar-refractivity contribution in [2.45, 2.75) is 44.9 Å². The number of anilines is 3. The lowest BCUT2D eigenvalue weighted by Gasteiger charge is -2.41. The van der Waals surface area contributed by atoms with E-state index in [4.69, 9.17) is 15.0 Å². The normalized spacial score (nSPS) is 22.3. The summed E-state index contributed by atoms with van der Waals surface area (Å²) in [4.78, 5) is 20.7. The van der Waals surface area contributed by atoms with E-state index in [2.05, 4.69) is 25.3 Å². The Labute approximate surface area is 254 Å². The van der Waals surface area contributed by atoms with Crippen LogP contribution >= 0.6 is 11.3 Å². The maximum Gasteiger partial charge on any atom is 0.573 e. The third-order valence-corrected chi connectivity index (χ3v) is 9.13. The molecule has 44 heavy (non-hydrogen) atoms.